The molecule has 0 aromatic rings. The standard InChI is InChI=1S/C5H11.BrH.Zn/c1-4-5(2)3;;/h5H,2,4H2,1,3H3;1H;/q-1;;+2/p-1. The maximum atomic E-state index is 3.76. The molecule has 0 aliphatic heterocycles. The van der Waals surface area contributed by atoms with Crippen LogP contribution in [-0.4, -0.2) is 0 Å². The molecule has 0 amide bonds. The Morgan fingerprint density at radius 2 is 1.71 bits per heavy atom. The first-order valence-electron chi connectivity index (χ1n) is 2.10. The Labute approximate surface area is 69.6 Å². The van der Waals surface area contributed by atoms with E-state index in [2.05, 4.69) is 20.8 Å². The second kappa shape index (κ2) is 10.2. The van der Waals surface area contributed by atoms with E-state index in [4.69, 9.17) is 0 Å². The Kier molecular flexibility index (Phi) is 22.8. The van der Waals surface area contributed by atoms with E-state index in [-0.39, 0.29) is 36.5 Å². The minimum absolute atomic E-state index is 0. The van der Waals surface area contributed by atoms with Gasteiger partial charge in [0.1, 0.15) is 0 Å². The van der Waals surface area contributed by atoms with E-state index in [1.807, 2.05) is 0 Å². The molecule has 0 aliphatic rings. The molecule has 2 heteroatoms. The SMILES string of the molecule is [Br-].[CH2-]C(C)CC.[Zn+2]. The third kappa shape index (κ3) is 19.2. The smallest absolute Gasteiger partial charge is 1.00 e. The summed E-state index contributed by atoms with van der Waals surface area (Å²) in [6.07, 6.45) is 1.19. The summed E-state index contributed by atoms with van der Waals surface area (Å²) >= 11 is 0. The van der Waals surface area contributed by atoms with Crippen molar-refractivity contribution in [3.8, 4) is 0 Å². The van der Waals surface area contributed by atoms with Crippen LogP contribution in [0.15, 0.2) is 0 Å². The van der Waals surface area contributed by atoms with Crippen molar-refractivity contribution in [1.82, 2.24) is 0 Å². The Hall–Kier alpha value is 1.10. The van der Waals surface area contributed by atoms with Crippen molar-refractivity contribution in [2.75, 3.05) is 0 Å². The van der Waals surface area contributed by atoms with Crippen molar-refractivity contribution >= 4 is 0 Å². The van der Waals surface area contributed by atoms with Crippen LogP contribution in [0.3, 0.4) is 0 Å². The van der Waals surface area contributed by atoms with Gasteiger partial charge < -0.3 is 23.9 Å². The van der Waals surface area contributed by atoms with Gasteiger partial charge in [-0.3, -0.25) is 0 Å². The molecule has 0 nitrogen and oxygen atoms in total. The van der Waals surface area contributed by atoms with Gasteiger partial charge in [0, 0.05) is 0 Å². The maximum Gasteiger partial charge on any atom is 2.00 e. The zero-order valence-corrected chi connectivity index (χ0v) is 9.63. The Balaban J connectivity index is -0.0000000800. The molecule has 7 heavy (non-hydrogen) atoms. The van der Waals surface area contributed by atoms with E-state index in [1.54, 1.807) is 0 Å². The molecule has 0 N–H and O–H groups in total. The summed E-state index contributed by atoms with van der Waals surface area (Å²) in [6, 6.07) is 0. The maximum absolute atomic E-state index is 3.76. The van der Waals surface area contributed by atoms with Crippen LogP contribution in [0.25, 0.3) is 0 Å². The zero-order chi connectivity index (χ0) is 4.28. The van der Waals surface area contributed by atoms with E-state index in [1.165, 1.54) is 6.42 Å². The number of hydrogen-bond acceptors (Lipinski definition) is 0. The first kappa shape index (κ1) is 15.7. The molecule has 0 saturated carbocycles. The molecule has 0 saturated heterocycles. The predicted molar refractivity (Wildman–Crippen MR) is 24.8 cm³/mol. The Morgan fingerprint density at radius 1 is 1.57 bits per heavy atom. The average molecular weight is 216 g/mol. The normalized spacial score (nSPS) is 10.7. The molecule has 0 bridgehead atoms. The van der Waals surface area contributed by atoms with Crippen LogP contribution >= 0.6 is 0 Å². The summed E-state index contributed by atoms with van der Waals surface area (Å²) in [5.41, 5.74) is 0. The fourth-order valence-electron chi connectivity index (χ4n) is 0. The largest absolute Gasteiger partial charge is 2.00 e. The fraction of sp³-hybridized carbons (Fsp3) is 0.800. The second-order valence-electron chi connectivity index (χ2n) is 1.51. The predicted octanol–water partition coefficient (Wildman–Crippen LogP) is -1.13. The first-order chi connectivity index (χ1) is 2.27. The minimum Gasteiger partial charge on any atom is -1.00 e. The molecule has 0 fully saturated rings. The molecule has 1 atom stereocenters. The molecule has 0 aromatic carbocycles. The summed E-state index contributed by atoms with van der Waals surface area (Å²) in [4.78, 5) is 0. The zero-order valence-electron chi connectivity index (χ0n) is 5.08. The summed E-state index contributed by atoms with van der Waals surface area (Å²) in [5.74, 6) is 0.634. The van der Waals surface area contributed by atoms with Gasteiger partial charge in [0.05, 0.1) is 0 Å². The first-order valence-corrected chi connectivity index (χ1v) is 2.10. The van der Waals surface area contributed by atoms with Gasteiger partial charge in [0.25, 0.3) is 0 Å². The molecule has 0 radical (unpaired) electrons. The quantitative estimate of drug-likeness (QED) is 0.384. The van der Waals surface area contributed by atoms with Gasteiger partial charge in [0.15, 0.2) is 0 Å². The summed E-state index contributed by atoms with van der Waals surface area (Å²) < 4.78 is 0. The fourth-order valence-corrected chi connectivity index (χ4v) is 0. The van der Waals surface area contributed by atoms with Crippen LogP contribution in [0.1, 0.15) is 20.3 Å². The third-order valence-electron chi connectivity index (χ3n) is 0.697. The number of hydrogen-bond donors (Lipinski definition) is 0. The summed E-state index contributed by atoms with van der Waals surface area (Å²) in [5, 5.41) is 0. The van der Waals surface area contributed by atoms with Crippen molar-refractivity contribution in [1.29, 1.82) is 0 Å². The van der Waals surface area contributed by atoms with Gasteiger partial charge in [-0.25, -0.2) is 0 Å². The van der Waals surface area contributed by atoms with Gasteiger partial charge in [-0.1, -0.05) is 20.3 Å². The van der Waals surface area contributed by atoms with Crippen molar-refractivity contribution in [3.63, 3.8) is 0 Å². The van der Waals surface area contributed by atoms with Crippen LogP contribution in [-0.2, 0) is 19.5 Å². The molecule has 0 aromatic heterocycles. The van der Waals surface area contributed by atoms with E-state index in [0.29, 0.717) is 5.92 Å². The number of rotatable bonds is 1. The molecule has 40 valence electrons. The second-order valence-corrected chi connectivity index (χ2v) is 1.51. The molecular formula is C5H11BrZn. The minimum atomic E-state index is 0. The third-order valence-corrected chi connectivity index (χ3v) is 0.697. The summed E-state index contributed by atoms with van der Waals surface area (Å²) in [6.45, 7) is 8.00. The number of halogens is 1. The van der Waals surface area contributed by atoms with Gasteiger partial charge >= 0.3 is 19.5 Å². The van der Waals surface area contributed by atoms with Gasteiger partial charge in [0.2, 0.25) is 0 Å². The molecular weight excluding hydrogens is 205 g/mol. The van der Waals surface area contributed by atoms with Crippen molar-refractivity contribution in [2.45, 2.75) is 20.3 Å². The summed E-state index contributed by atoms with van der Waals surface area (Å²) in [7, 11) is 0. The van der Waals surface area contributed by atoms with Crippen LogP contribution in [0.4, 0.5) is 0 Å². The van der Waals surface area contributed by atoms with E-state index in [0.717, 1.165) is 0 Å². The topological polar surface area (TPSA) is 0 Å². The van der Waals surface area contributed by atoms with E-state index < -0.39 is 0 Å². The van der Waals surface area contributed by atoms with Crippen LogP contribution in [0.5, 0.6) is 0 Å². The van der Waals surface area contributed by atoms with Crippen molar-refractivity contribution < 1.29 is 36.5 Å². The molecule has 0 heterocycles. The average Bonchev–Trinajstić information content (AvgIpc) is 1.38. The van der Waals surface area contributed by atoms with Gasteiger partial charge in [-0.2, -0.15) is 5.92 Å². The van der Waals surface area contributed by atoms with Crippen molar-refractivity contribution in [2.24, 2.45) is 5.92 Å². The molecule has 0 rings (SSSR count). The van der Waals surface area contributed by atoms with Crippen molar-refractivity contribution in [3.05, 3.63) is 6.92 Å². The molecule has 1 unspecified atom stereocenters. The molecule has 0 spiro atoms. The van der Waals surface area contributed by atoms with Crippen LogP contribution < -0.4 is 17.0 Å². The van der Waals surface area contributed by atoms with Gasteiger partial charge in [-0.05, 0) is 0 Å². The van der Waals surface area contributed by atoms with E-state index >= 15 is 0 Å². The Morgan fingerprint density at radius 3 is 1.71 bits per heavy atom. The van der Waals surface area contributed by atoms with E-state index in [9.17, 15) is 0 Å². The van der Waals surface area contributed by atoms with Gasteiger partial charge in [-0.15, -0.1) is 0 Å². The monoisotopic (exact) mass is 214 g/mol. The van der Waals surface area contributed by atoms with Crippen LogP contribution in [0.2, 0.25) is 0 Å². The van der Waals surface area contributed by atoms with Crippen LogP contribution in [0, 0.1) is 12.8 Å². The Bertz CT molecular complexity index is 22.0. The molecule has 0 aliphatic carbocycles.